The lowest BCUT2D eigenvalue weighted by Crippen LogP contribution is -2.32. The van der Waals surface area contributed by atoms with Gasteiger partial charge in [0.2, 0.25) is 0 Å². The molecule has 0 atom stereocenters. The number of anilines is 1. The number of nitrogens with one attached hydrogen (secondary N) is 1. The molecule has 0 saturated heterocycles. The largest absolute Gasteiger partial charge is 0.365 e. The first-order valence-corrected chi connectivity index (χ1v) is 6.63. The summed E-state index contributed by atoms with van der Waals surface area (Å²) in [4.78, 5) is 16.2. The summed E-state index contributed by atoms with van der Waals surface area (Å²) >= 11 is 5.92. The highest BCUT2D eigenvalue weighted by Crippen LogP contribution is 2.33. The van der Waals surface area contributed by atoms with Crippen molar-refractivity contribution in [2.24, 2.45) is 5.92 Å². The predicted molar refractivity (Wildman–Crippen MR) is 67.6 cm³/mol. The fourth-order valence-electron chi connectivity index (χ4n) is 2.25. The van der Waals surface area contributed by atoms with Gasteiger partial charge in [-0.3, -0.25) is 4.79 Å². The Morgan fingerprint density at radius 1 is 1.47 bits per heavy atom. The first-order valence-electron chi connectivity index (χ1n) is 6.19. The molecule has 17 heavy (non-hydrogen) atoms. The minimum atomic E-state index is 0.0109. The number of aromatic nitrogens is 2. The maximum absolute atomic E-state index is 12.0. The van der Waals surface area contributed by atoms with Gasteiger partial charge in [-0.2, -0.15) is 0 Å². The Hall–Kier alpha value is -1.03. The van der Waals surface area contributed by atoms with Crippen LogP contribution in [0.5, 0.6) is 0 Å². The van der Waals surface area contributed by atoms with Crippen LogP contribution in [0.4, 0.5) is 5.82 Å². The van der Waals surface area contributed by atoms with Crippen molar-refractivity contribution < 1.29 is 0 Å². The lowest BCUT2D eigenvalue weighted by Gasteiger charge is -2.30. The van der Waals surface area contributed by atoms with Crippen LogP contribution in [0.1, 0.15) is 31.7 Å². The highest BCUT2D eigenvalue weighted by atomic mass is 35.5. The van der Waals surface area contributed by atoms with Crippen molar-refractivity contribution in [3.8, 4) is 0 Å². The SMILES string of the molecule is O=c1c(NCC2CC(Cl)C2)nccn1C1CC1. The minimum Gasteiger partial charge on any atom is -0.365 e. The van der Waals surface area contributed by atoms with Gasteiger partial charge in [0.25, 0.3) is 5.56 Å². The van der Waals surface area contributed by atoms with E-state index in [4.69, 9.17) is 11.6 Å². The summed E-state index contributed by atoms with van der Waals surface area (Å²) in [6.45, 7) is 0.806. The molecule has 92 valence electrons. The third-order valence-corrected chi connectivity index (χ3v) is 3.90. The standard InChI is InChI=1S/C12H16ClN3O/c13-9-5-8(6-9)7-15-11-12(17)16(4-3-14-11)10-1-2-10/h3-4,8-10H,1-2,5-7H2,(H,14,15). The van der Waals surface area contributed by atoms with E-state index in [9.17, 15) is 4.79 Å². The van der Waals surface area contributed by atoms with Gasteiger partial charge in [-0.25, -0.2) is 4.98 Å². The van der Waals surface area contributed by atoms with E-state index in [0.717, 1.165) is 32.2 Å². The van der Waals surface area contributed by atoms with Gasteiger partial charge in [-0.05, 0) is 31.6 Å². The molecule has 3 rings (SSSR count). The van der Waals surface area contributed by atoms with Gasteiger partial charge in [0.15, 0.2) is 5.82 Å². The smallest absolute Gasteiger partial charge is 0.293 e. The third kappa shape index (κ3) is 2.32. The molecule has 2 aliphatic rings. The summed E-state index contributed by atoms with van der Waals surface area (Å²) in [6.07, 6.45) is 7.78. The van der Waals surface area contributed by atoms with Crippen LogP contribution in [-0.2, 0) is 0 Å². The summed E-state index contributed by atoms with van der Waals surface area (Å²) in [7, 11) is 0. The molecular formula is C12H16ClN3O. The molecule has 2 aliphatic carbocycles. The van der Waals surface area contributed by atoms with E-state index in [1.165, 1.54) is 0 Å². The third-order valence-electron chi connectivity index (χ3n) is 3.54. The van der Waals surface area contributed by atoms with Gasteiger partial charge in [0, 0.05) is 30.4 Å². The van der Waals surface area contributed by atoms with Crippen LogP contribution in [0, 0.1) is 5.92 Å². The monoisotopic (exact) mass is 253 g/mol. The van der Waals surface area contributed by atoms with Crippen LogP contribution < -0.4 is 10.9 Å². The van der Waals surface area contributed by atoms with Gasteiger partial charge >= 0.3 is 0 Å². The molecule has 2 saturated carbocycles. The fourth-order valence-corrected chi connectivity index (χ4v) is 2.75. The van der Waals surface area contributed by atoms with Crippen molar-refractivity contribution in [2.75, 3.05) is 11.9 Å². The zero-order chi connectivity index (χ0) is 11.8. The van der Waals surface area contributed by atoms with Crippen LogP contribution in [0.15, 0.2) is 17.2 Å². The van der Waals surface area contributed by atoms with E-state index in [1.807, 2.05) is 0 Å². The average molecular weight is 254 g/mol. The minimum absolute atomic E-state index is 0.0109. The van der Waals surface area contributed by atoms with Crippen LogP contribution in [0.2, 0.25) is 0 Å². The number of hydrogen-bond acceptors (Lipinski definition) is 3. The predicted octanol–water partition coefficient (Wildman–Crippen LogP) is 2.01. The van der Waals surface area contributed by atoms with Crippen molar-refractivity contribution in [1.82, 2.24) is 9.55 Å². The normalized spacial score (nSPS) is 27.6. The maximum Gasteiger partial charge on any atom is 0.293 e. The Labute approximate surface area is 105 Å². The first kappa shape index (κ1) is 11.1. The molecule has 0 unspecified atom stereocenters. The molecular weight excluding hydrogens is 238 g/mol. The van der Waals surface area contributed by atoms with E-state index >= 15 is 0 Å². The molecule has 1 heterocycles. The molecule has 0 bridgehead atoms. The second kappa shape index (κ2) is 4.33. The Bertz CT molecular complexity index is 463. The second-order valence-electron chi connectivity index (χ2n) is 5.04. The number of nitrogens with zero attached hydrogens (tertiary/aromatic N) is 2. The summed E-state index contributed by atoms with van der Waals surface area (Å²) in [5.41, 5.74) is 0.0109. The highest BCUT2D eigenvalue weighted by Gasteiger charge is 2.28. The maximum atomic E-state index is 12.0. The zero-order valence-corrected chi connectivity index (χ0v) is 10.4. The Kier molecular flexibility index (Phi) is 2.82. The van der Waals surface area contributed by atoms with Crippen LogP contribution in [-0.4, -0.2) is 21.5 Å². The van der Waals surface area contributed by atoms with E-state index in [2.05, 4.69) is 10.3 Å². The van der Waals surface area contributed by atoms with Gasteiger partial charge in [0.05, 0.1) is 0 Å². The molecule has 0 aromatic carbocycles. The molecule has 4 nitrogen and oxygen atoms in total. The number of hydrogen-bond donors (Lipinski definition) is 1. The molecule has 0 amide bonds. The molecule has 0 aliphatic heterocycles. The average Bonchev–Trinajstić information content (AvgIpc) is 3.08. The number of rotatable bonds is 4. The summed E-state index contributed by atoms with van der Waals surface area (Å²) < 4.78 is 1.79. The topological polar surface area (TPSA) is 46.9 Å². The fraction of sp³-hybridized carbons (Fsp3) is 0.667. The summed E-state index contributed by atoms with van der Waals surface area (Å²) in [6, 6.07) is 0.405. The van der Waals surface area contributed by atoms with Crippen molar-refractivity contribution >= 4 is 17.4 Å². The molecule has 0 radical (unpaired) electrons. The lowest BCUT2D eigenvalue weighted by molar-refractivity contribution is 0.341. The summed E-state index contributed by atoms with van der Waals surface area (Å²) in [5.74, 6) is 1.07. The Morgan fingerprint density at radius 3 is 2.88 bits per heavy atom. The zero-order valence-electron chi connectivity index (χ0n) is 9.60. The van der Waals surface area contributed by atoms with E-state index in [-0.39, 0.29) is 5.56 Å². The van der Waals surface area contributed by atoms with E-state index < -0.39 is 0 Å². The lowest BCUT2D eigenvalue weighted by atomic mass is 9.85. The van der Waals surface area contributed by atoms with Crippen LogP contribution >= 0.6 is 11.6 Å². The molecule has 1 aromatic heterocycles. The van der Waals surface area contributed by atoms with Gasteiger partial charge in [-0.15, -0.1) is 11.6 Å². The summed E-state index contributed by atoms with van der Waals surface area (Å²) in [5, 5.41) is 3.48. The molecule has 0 spiro atoms. The molecule has 5 heteroatoms. The van der Waals surface area contributed by atoms with Crippen molar-refractivity contribution in [2.45, 2.75) is 37.1 Å². The van der Waals surface area contributed by atoms with Crippen LogP contribution in [0.3, 0.4) is 0 Å². The first-order chi connectivity index (χ1) is 8.24. The Balaban J connectivity index is 1.66. The molecule has 1 aromatic rings. The molecule has 1 N–H and O–H groups in total. The van der Waals surface area contributed by atoms with E-state index in [0.29, 0.717) is 23.2 Å². The van der Waals surface area contributed by atoms with Crippen molar-refractivity contribution in [3.05, 3.63) is 22.7 Å². The highest BCUT2D eigenvalue weighted by molar-refractivity contribution is 6.21. The number of halogens is 1. The van der Waals surface area contributed by atoms with Crippen molar-refractivity contribution in [1.29, 1.82) is 0 Å². The van der Waals surface area contributed by atoms with Crippen LogP contribution in [0.25, 0.3) is 0 Å². The quantitative estimate of drug-likeness (QED) is 0.835. The van der Waals surface area contributed by atoms with Crippen molar-refractivity contribution in [3.63, 3.8) is 0 Å². The number of alkyl halides is 1. The Morgan fingerprint density at radius 2 is 2.24 bits per heavy atom. The molecule has 2 fully saturated rings. The van der Waals surface area contributed by atoms with E-state index in [1.54, 1.807) is 17.0 Å². The van der Waals surface area contributed by atoms with Gasteiger partial charge in [0.1, 0.15) is 0 Å². The van der Waals surface area contributed by atoms with Gasteiger partial charge < -0.3 is 9.88 Å². The second-order valence-corrected chi connectivity index (χ2v) is 5.65. The van der Waals surface area contributed by atoms with Gasteiger partial charge in [-0.1, -0.05) is 0 Å².